The summed E-state index contributed by atoms with van der Waals surface area (Å²) in [6.45, 7) is 0. The SMILES string of the molecule is NC(=S)c1ccc(Nc2cc(F)ccc2Cl)cc1. The second-order valence-electron chi connectivity index (χ2n) is 3.69. The first-order valence-electron chi connectivity index (χ1n) is 5.18. The van der Waals surface area contributed by atoms with Crippen LogP contribution >= 0.6 is 23.8 Å². The molecule has 2 rings (SSSR count). The van der Waals surface area contributed by atoms with Crippen molar-refractivity contribution >= 4 is 40.2 Å². The highest BCUT2D eigenvalue weighted by Crippen LogP contribution is 2.26. The summed E-state index contributed by atoms with van der Waals surface area (Å²) in [7, 11) is 0. The van der Waals surface area contributed by atoms with Crippen LogP contribution in [0.4, 0.5) is 15.8 Å². The van der Waals surface area contributed by atoms with Gasteiger partial charge >= 0.3 is 0 Å². The van der Waals surface area contributed by atoms with Gasteiger partial charge in [0.2, 0.25) is 0 Å². The molecule has 0 amide bonds. The van der Waals surface area contributed by atoms with Crippen LogP contribution in [0, 0.1) is 5.82 Å². The Balaban J connectivity index is 2.23. The molecule has 18 heavy (non-hydrogen) atoms. The van der Waals surface area contributed by atoms with Crippen LogP contribution in [0.2, 0.25) is 5.02 Å². The van der Waals surface area contributed by atoms with Gasteiger partial charge in [-0.15, -0.1) is 0 Å². The number of anilines is 2. The van der Waals surface area contributed by atoms with Crippen molar-refractivity contribution in [3.05, 3.63) is 58.9 Å². The summed E-state index contributed by atoms with van der Waals surface area (Å²) >= 11 is 10.8. The Kier molecular flexibility index (Phi) is 3.79. The predicted octanol–water partition coefficient (Wildman–Crippen LogP) is 3.86. The molecule has 0 radical (unpaired) electrons. The van der Waals surface area contributed by atoms with Gasteiger partial charge in [0, 0.05) is 11.3 Å². The highest BCUT2D eigenvalue weighted by Gasteiger charge is 2.03. The second-order valence-corrected chi connectivity index (χ2v) is 4.54. The van der Waals surface area contributed by atoms with Gasteiger partial charge < -0.3 is 11.1 Å². The van der Waals surface area contributed by atoms with Gasteiger partial charge in [0.25, 0.3) is 0 Å². The molecule has 2 aromatic rings. The van der Waals surface area contributed by atoms with Crippen molar-refractivity contribution in [2.24, 2.45) is 5.73 Å². The molecular formula is C13H10ClFN2S. The van der Waals surface area contributed by atoms with Crippen LogP contribution in [0.5, 0.6) is 0 Å². The Labute approximate surface area is 115 Å². The van der Waals surface area contributed by atoms with Gasteiger partial charge in [0.05, 0.1) is 10.7 Å². The zero-order chi connectivity index (χ0) is 13.1. The van der Waals surface area contributed by atoms with Crippen molar-refractivity contribution in [3.8, 4) is 0 Å². The Morgan fingerprint density at radius 2 is 1.83 bits per heavy atom. The molecule has 5 heteroatoms. The van der Waals surface area contributed by atoms with Crippen LogP contribution in [0.1, 0.15) is 5.56 Å². The molecule has 0 aliphatic heterocycles. The number of benzene rings is 2. The molecule has 3 N–H and O–H groups in total. The van der Waals surface area contributed by atoms with Gasteiger partial charge in [0.1, 0.15) is 10.8 Å². The molecule has 0 heterocycles. The van der Waals surface area contributed by atoms with E-state index in [1.54, 1.807) is 24.3 Å². The monoisotopic (exact) mass is 280 g/mol. The first-order chi connectivity index (χ1) is 8.56. The van der Waals surface area contributed by atoms with E-state index in [1.807, 2.05) is 0 Å². The zero-order valence-electron chi connectivity index (χ0n) is 9.28. The lowest BCUT2D eigenvalue weighted by atomic mass is 10.2. The average molecular weight is 281 g/mol. The van der Waals surface area contributed by atoms with Gasteiger partial charge in [-0.1, -0.05) is 23.8 Å². The summed E-state index contributed by atoms with van der Waals surface area (Å²) in [4.78, 5) is 0.338. The van der Waals surface area contributed by atoms with E-state index in [1.165, 1.54) is 18.2 Å². The summed E-state index contributed by atoms with van der Waals surface area (Å²) in [5, 5.41) is 3.48. The van der Waals surface area contributed by atoms with Crippen molar-refractivity contribution < 1.29 is 4.39 Å². The maximum atomic E-state index is 13.1. The van der Waals surface area contributed by atoms with Crippen molar-refractivity contribution in [2.75, 3.05) is 5.32 Å². The summed E-state index contributed by atoms with van der Waals surface area (Å²) < 4.78 is 13.1. The molecule has 0 fully saturated rings. The van der Waals surface area contributed by atoms with Crippen molar-refractivity contribution in [1.29, 1.82) is 0 Å². The number of nitrogens with one attached hydrogen (secondary N) is 1. The molecule has 0 aliphatic carbocycles. The van der Waals surface area contributed by atoms with Gasteiger partial charge in [-0.2, -0.15) is 0 Å². The Morgan fingerprint density at radius 3 is 2.44 bits per heavy atom. The fourth-order valence-corrected chi connectivity index (χ4v) is 1.77. The first kappa shape index (κ1) is 12.8. The molecule has 0 unspecified atom stereocenters. The Morgan fingerprint density at radius 1 is 1.17 bits per heavy atom. The molecule has 0 spiro atoms. The minimum Gasteiger partial charge on any atom is -0.389 e. The highest BCUT2D eigenvalue weighted by molar-refractivity contribution is 7.80. The third-order valence-corrected chi connectivity index (χ3v) is 2.94. The largest absolute Gasteiger partial charge is 0.389 e. The quantitative estimate of drug-likeness (QED) is 0.839. The number of nitrogens with two attached hydrogens (primary N) is 1. The topological polar surface area (TPSA) is 38.0 Å². The standard InChI is InChI=1S/C13H10ClFN2S/c14-11-6-3-9(15)7-12(11)17-10-4-1-8(2-5-10)13(16)18/h1-7,17H,(H2,16,18). The lowest BCUT2D eigenvalue weighted by Crippen LogP contribution is -2.08. The zero-order valence-corrected chi connectivity index (χ0v) is 10.9. The number of rotatable bonds is 3. The molecule has 92 valence electrons. The fraction of sp³-hybridized carbons (Fsp3) is 0. The maximum absolute atomic E-state index is 13.1. The molecule has 0 atom stereocenters. The molecule has 2 aromatic carbocycles. The van der Waals surface area contributed by atoms with Gasteiger partial charge in [-0.3, -0.25) is 0 Å². The summed E-state index contributed by atoms with van der Waals surface area (Å²) in [6.07, 6.45) is 0. The normalized spacial score (nSPS) is 10.1. The third kappa shape index (κ3) is 2.97. The molecule has 2 nitrogen and oxygen atoms in total. The van der Waals surface area contributed by atoms with E-state index >= 15 is 0 Å². The predicted molar refractivity (Wildman–Crippen MR) is 77.0 cm³/mol. The van der Waals surface area contributed by atoms with Crippen LogP contribution in [-0.4, -0.2) is 4.99 Å². The third-order valence-electron chi connectivity index (χ3n) is 2.38. The van der Waals surface area contributed by atoms with E-state index in [0.29, 0.717) is 15.7 Å². The van der Waals surface area contributed by atoms with Crippen LogP contribution in [0.3, 0.4) is 0 Å². The number of hydrogen-bond donors (Lipinski definition) is 2. The summed E-state index contributed by atoms with van der Waals surface area (Å²) in [5.74, 6) is -0.346. The second kappa shape index (κ2) is 5.33. The van der Waals surface area contributed by atoms with E-state index in [4.69, 9.17) is 29.6 Å². The van der Waals surface area contributed by atoms with Gasteiger partial charge in [-0.05, 0) is 42.5 Å². The van der Waals surface area contributed by atoms with Gasteiger partial charge in [-0.25, -0.2) is 4.39 Å². The number of hydrogen-bond acceptors (Lipinski definition) is 2. The number of thiocarbonyl (C=S) groups is 1. The Hall–Kier alpha value is -1.65. The molecule has 0 saturated carbocycles. The molecule has 0 saturated heterocycles. The van der Waals surface area contributed by atoms with Crippen LogP contribution < -0.4 is 11.1 Å². The van der Waals surface area contributed by atoms with Crippen LogP contribution in [0.25, 0.3) is 0 Å². The lowest BCUT2D eigenvalue weighted by Gasteiger charge is -2.09. The number of halogens is 2. The van der Waals surface area contributed by atoms with E-state index in [2.05, 4.69) is 5.32 Å². The molecule has 0 aliphatic rings. The van der Waals surface area contributed by atoms with E-state index in [9.17, 15) is 4.39 Å². The summed E-state index contributed by atoms with van der Waals surface area (Å²) in [6, 6.07) is 11.3. The average Bonchev–Trinajstić information content (AvgIpc) is 2.34. The van der Waals surface area contributed by atoms with Crippen LogP contribution in [0.15, 0.2) is 42.5 Å². The van der Waals surface area contributed by atoms with E-state index in [0.717, 1.165) is 11.3 Å². The van der Waals surface area contributed by atoms with Gasteiger partial charge in [0.15, 0.2) is 0 Å². The van der Waals surface area contributed by atoms with Crippen LogP contribution in [-0.2, 0) is 0 Å². The molecule has 0 aromatic heterocycles. The van der Waals surface area contributed by atoms with E-state index < -0.39 is 0 Å². The molecule has 0 bridgehead atoms. The fourth-order valence-electron chi connectivity index (χ4n) is 1.47. The molecular weight excluding hydrogens is 271 g/mol. The van der Waals surface area contributed by atoms with Crippen molar-refractivity contribution in [2.45, 2.75) is 0 Å². The smallest absolute Gasteiger partial charge is 0.125 e. The summed E-state index contributed by atoms with van der Waals surface area (Å²) in [5.41, 5.74) is 7.57. The van der Waals surface area contributed by atoms with E-state index in [-0.39, 0.29) is 5.82 Å². The lowest BCUT2D eigenvalue weighted by molar-refractivity contribution is 0.628. The highest BCUT2D eigenvalue weighted by atomic mass is 35.5. The minimum absolute atomic E-state index is 0.338. The minimum atomic E-state index is -0.346. The first-order valence-corrected chi connectivity index (χ1v) is 5.97. The maximum Gasteiger partial charge on any atom is 0.125 e. The van der Waals surface area contributed by atoms with Crippen molar-refractivity contribution in [3.63, 3.8) is 0 Å². The van der Waals surface area contributed by atoms with Crippen molar-refractivity contribution in [1.82, 2.24) is 0 Å². The Bertz CT molecular complexity index is 584.